The molecule has 34 heavy (non-hydrogen) atoms. The van der Waals surface area contributed by atoms with Gasteiger partial charge < -0.3 is 18.9 Å². The number of hydrogen-bond acceptors (Lipinski definition) is 10. The normalized spacial score (nSPS) is 29.9. The van der Waals surface area contributed by atoms with E-state index >= 15 is 0 Å². The summed E-state index contributed by atoms with van der Waals surface area (Å²) in [7, 11) is -8.10. The zero-order valence-corrected chi connectivity index (χ0v) is 20.2. The number of rotatable bonds is 8. The van der Waals surface area contributed by atoms with Crippen molar-refractivity contribution in [3.63, 3.8) is 0 Å². The fourth-order valence-corrected chi connectivity index (χ4v) is 5.06. The maximum absolute atomic E-state index is 12.1. The first-order valence-corrected chi connectivity index (χ1v) is 14.1. The molecule has 6 unspecified atom stereocenters. The Bertz CT molecular complexity index is 1150. The van der Waals surface area contributed by atoms with Gasteiger partial charge in [0.25, 0.3) is 20.2 Å². The number of hydrogen-bond donors (Lipinski definition) is 0. The van der Waals surface area contributed by atoms with E-state index in [1.165, 1.54) is 0 Å². The molecule has 6 atom stereocenters. The minimum atomic E-state index is -4.05. The lowest BCUT2D eigenvalue weighted by molar-refractivity contribution is -0.355. The average molecular weight is 515 g/mol. The van der Waals surface area contributed by atoms with Crippen molar-refractivity contribution in [2.24, 2.45) is 0 Å². The third-order valence-electron chi connectivity index (χ3n) is 5.18. The lowest BCUT2D eigenvalue weighted by Gasteiger charge is -2.47. The number of fused-ring (bicyclic) bond motifs is 1. The predicted molar refractivity (Wildman–Crippen MR) is 119 cm³/mol. The van der Waals surface area contributed by atoms with E-state index in [4.69, 9.17) is 27.3 Å². The molecule has 10 nitrogen and oxygen atoms in total. The third kappa shape index (κ3) is 6.61. The van der Waals surface area contributed by atoms with Crippen LogP contribution in [-0.2, 0) is 54.2 Å². The molecule has 0 saturated carbocycles. The smallest absolute Gasteiger partial charge is 0.264 e. The largest absolute Gasteiger partial charge is 0.346 e. The molecule has 0 bridgehead atoms. The van der Waals surface area contributed by atoms with Gasteiger partial charge in [0.1, 0.15) is 18.3 Å². The summed E-state index contributed by atoms with van der Waals surface area (Å²) in [6.07, 6.45) is -5.04. The van der Waals surface area contributed by atoms with Gasteiger partial charge in [-0.1, -0.05) is 60.7 Å². The highest BCUT2D eigenvalue weighted by Gasteiger charge is 2.54. The summed E-state index contributed by atoms with van der Waals surface area (Å²) in [6.45, 7) is 0.0944. The molecule has 2 aromatic rings. The van der Waals surface area contributed by atoms with Crippen molar-refractivity contribution >= 4 is 20.2 Å². The Morgan fingerprint density at radius 3 is 2.03 bits per heavy atom. The Balaban J connectivity index is 1.63. The summed E-state index contributed by atoms with van der Waals surface area (Å²) in [5, 5.41) is 0. The van der Waals surface area contributed by atoms with Crippen LogP contribution in [0.4, 0.5) is 0 Å². The lowest BCUT2D eigenvalue weighted by atomic mass is 9.98. The van der Waals surface area contributed by atoms with Crippen LogP contribution in [0.5, 0.6) is 0 Å². The van der Waals surface area contributed by atoms with Gasteiger partial charge in [-0.05, 0) is 5.56 Å². The second-order valence-electron chi connectivity index (χ2n) is 8.05. The van der Waals surface area contributed by atoms with Crippen LogP contribution in [0.25, 0.3) is 0 Å². The van der Waals surface area contributed by atoms with E-state index in [1.54, 1.807) is 24.3 Å². The Morgan fingerprint density at radius 1 is 0.824 bits per heavy atom. The van der Waals surface area contributed by atoms with Crippen LogP contribution >= 0.6 is 0 Å². The van der Waals surface area contributed by atoms with Crippen molar-refractivity contribution in [2.45, 2.75) is 43.6 Å². The Kier molecular flexibility index (Phi) is 7.69. The maximum atomic E-state index is 12.1. The molecule has 2 aromatic carbocycles. The summed E-state index contributed by atoms with van der Waals surface area (Å²) >= 11 is 0. The summed E-state index contributed by atoms with van der Waals surface area (Å²) in [5.74, 6) is 0. The molecule has 2 heterocycles. The maximum Gasteiger partial charge on any atom is 0.264 e. The molecule has 0 amide bonds. The topological polar surface area (TPSA) is 124 Å². The van der Waals surface area contributed by atoms with Gasteiger partial charge in [0.15, 0.2) is 18.7 Å². The zero-order chi connectivity index (χ0) is 24.3. The minimum absolute atomic E-state index is 0.0324. The van der Waals surface area contributed by atoms with Crippen LogP contribution in [0.2, 0.25) is 0 Å². The molecule has 0 aromatic heterocycles. The molecular weight excluding hydrogens is 488 g/mol. The molecule has 2 aliphatic heterocycles. The summed E-state index contributed by atoms with van der Waals surface area (Å²) < 4.78 is 82.6. The molecular formula is C22H26O10S2. The molecule has 0 aliphatic carbocycles. The fourth-order valence-electron chi connectivity index (χ4n) is 3.83. The molecule has 12 heteroatoms. The first-order chi connectivity index (χ1) is 16.1. The van der Waals surface area contributed by atoms with Gasteiger partial charge in [0.05, 0.1) is 25.7 Å². The van der Waals surface area contributed by atoms with E-state index in [9.17, 15) is 16.8 Å². The van der Waals surface area contributed by atoms with E-state index in [1.807, 2.05) is 36.4 Å². The standard InChI is InChI=1S/C22H26O10S2/c1-33(23,24)31-19-18-17(14-28-21(30-18)16-11-7-4-8-12-16)29-22(20(19)32-34(2,25)26)27-13-15-9-5-3-6-10-15/h3-12,17-22H,13-14H2,1-2H3. The molecule has 2 fully saturated rings. The van der Waals surface area contributed by atoms with Crippen molar-refractivity contribution in [1.82, 2.24) is 0 Å². The van der Waals surface area contributed by atoms with E-state index in [-0.39, 0.29) is 13.2 Å². The predicted octanol–water partition coefficient (Wildman–Crippen LogP) is 1.73. The molecule has 2 aliphatic rings. The molecule has 186 valence electrons. The van der Waals surface area contributed by atoms with Gasteiger partial charge in [-0.2, -0.15) is 16.8 Å². The second kappa shape index (κ2) is 10.4. The van der Waals surface area contributed by atoms with Gasteiger partial charge in [-0.15, -0.1) is 0 Å². The highest BCUT2D eigenvalue weighted by Crippen LogP contribution is 2.37. The second-order valence-corrected chi connectivity index (χ2v) is 11.2. The zero-order valence-electron chi connectivity index (χ0n) is 18.6. The average Bonchev–Trinajstić information content (AvgIpc) is 2.79. The SMILES string of the molecule is CS(=O)(=O)OC1C(OCc2ccccc2)OC2COC(c3ccccc3)OC2C1OS(C)(=O)=O. The summed E-state index contributed by atoms with van der Waals surface area (Å²) in [6, 6.07) is 18.1. The summed E-state index contributed by atoms with van der Waals surface area (Å²) in [4.78, 5) is 0. The fraction of sp³-hybridized carbons (Fsp3) is 0.455. The monoisotopic (exact) mass is 514 g/mol. The number of ether oxygens (including phenoxy) is 4. The van der Waals surface area contributed by atoms with Crippen LogP contribution in [0.1, 0.15) is 17.4 Å². The van der Waals surface area contributed by atoms with Gasteiger partial charge >= 0.3 is 0 Å². The van der Waals surface area contributed by atoms with Crippen LogP contribution in [-0.4, -0.2) is 66.7 Å². The third-order valence-corrected chi connectivity index (χ3v) is 6.33. The molecule has 4 rings (SSSR count). The quantitative estimate of drug-likeness (QED) is 0.481. The van der Waals surface area contributed by atoms with E-state index in [0.717, 1.165) is 18.1 Å². The van der Waals surface area contributed by atoms with Crippen molar-refractivity contribution in [3.05, 3.63) is 71.8 Å². The number of benzene rings is 2. The molecule has 2 saturated heterocycles. The van der Waals surface area contributed by atoms with Gasteiger partial charge in [-0.3, -0.25) is 8.37 Å². The van der Waals surface area contributed by atoms with Gasteiger partial charge in [-0.25, -0.2) is 0 Å². The Morgan fingerprint density at radius 2 is 1.41 bits per heavy atom. The summed E-state index contributed by atoms with van der Waals surface area (Å²) in [5.41, 5.74) is 1.49. The van der Waals surface area contributed by atoms with E-state index < -0.39 is 57.2 Å². The highest BCUT2D eigenvalue weighted by molar-refractivity contribution is 7.86. The van der Waals surface area contributed by atoms with Gasteiger partial charge in [0.2, 0.25) is 0 Å². The van der Waals surface area contributed by atoms with Crippen molar-refractivity contribution in [1.29, 1.82) is 0 Å². The van der Waals surface area contributed by atoms with Crippen molar-refractivity contribution < 1.29 is 44.1 Å². The van der Waals surface area contributed by atoms with Gasteiger partial charge in [0, 0.05) is 5.56 Å². The molecule has 0 radical (unpaired) electrons. The van der Waals surface area contributed by atoms with Crippen LogP contribution in [0.15, 0.2) is 60.7 Å². The Hall–Kier alpha value is -1.90. The van der Waals surface area contributed by atoms with Crippen molar-refractivity contribution in [2.75, 3.05) is 19.1 Å². The van der Waals surface area contributed by atoms with E-state index in [0.29, 0.717) is 5.56 Å². The highest BCUT2D eigenvalue weighted by atomic mass is 32.2. The first kappa shape index (κ1) is 25.2. The first-order valence-electron chi connectivity index (χ1n) is 10.5. The Labute approximate surface area is 198 Å². The lowest BCUT2D eigenvalue weighted by Crippen LogP contribution is -2.64. The minimum Gasteiger partial charge on any atom is -0.346 e. The van der Waals surface area contributed by atoms with Crippen LogP contribution < -0.4 is 0 Å². The molecule has 0 N–H and O–H groups in total. The van der Waals surface area contributed by atoms with Crippen LogP contribution in [0, 0.1) is 0 Å². The van der Waals surface area contributed by atoms with E-state index in [2.05, 4.69) is 0 Å². The molecule has 0 spiro atoms. The van der Waals surface area contributed by atoms with Crippen molar-refractivity contribution in [3.8, 4) is 0 Å². The van der Waals surface area contributed by atoms with Crippen LogP contribution in [0.3, 0.4) is 0 Å².